The summed E-state index contributed by atoms with van der Waals surface area (Å²) in [6, 6.07) is 14.0. The smallest absolute Gasteiger partial charge is 0.166 e. The van der Waals surface area contributed by atoms with Crippen molar-refractivity contribution in [3.8, 4) is 0 Å². The monoisotopic (exact) mass is 358 g/mol. The van der Waals surface area contributed by atoms with Gasteiger partial charge >= 0.3 is 0 Å². The van der Waals surface area contributed by atoms with Crippen LogP contribution in [-0.4, -0.2) is 0 Å². The van der Waals surface area contributed by atoms with Gasteiger partial charge in [0.1, 0.15) is 0 Å². The van der Waals surface area contributed by atoms with Crippen molar-refractivity contribution in [3.05, 3.63) is 70.8 Å². The first-order chi connectivity index (χ1) is 12.0. The normalized spacial score (nSPS) is 12.8. The fourth-order valence-corrected chi connectivity index (χ4v) is 2.49. The molecule has 26 heavy (non-hydrogen) atoms. The van der Waals surface area contributed by atoms with Gasteiger partial charge in [-0.05, 0) is 22.0 Å². The Balaban J connectivity index is 0.00000163. The SMILES string of the molecule is CC.CC(C)(C)c1ccc(C(F)=C(F)c2ccc(C(C)(C)C)cc2)cc1. The molecule has 0 saturated carbocycles. The molecule has 142 valence electrons. The zero-order valence-electron chi connectivity index (χ0n) is 17.4. The third-order valence-electron chi connectivity index (χ3n) is 4.20. The van der Waals surface area contributed by atoms with Crippen LogP contribution in [0.15, 0.2) is 48.5 Å². The highest BCUT2D eigenvalue weighted by atomic mass is 19.2. The molecule has 2 rings (SSSR count). The maximum atomic E-state index is 14.5. The van der Waals surface area contributed by atoms with E-state index in [1.165, 1.54) is 0 Å². The van der Waals surface area contributed by atoms with Gasteiger partial charge in [-0.1, -0.05) is 104 Å². The predicted octanol–water partition coefficient (Wildman–Crippen LogP) is 8.07. The van der Waals surface area contributed by atoms with Gasteiger partial charge in [-0.3, -0.25) is 0 Å². The largest absolute Gasteiger partial charge is 0.203 e. The van der Waals surface area contributed by atoms with E-state index in [2.05, 4.69) is 41.5 Å². The summed E-state index contributed by atoms with van der Waals surface area (Å²) < 4.78 is 29.0. The van der Waals surface area contributed by atoms with E-state index >= 15 is 0 Å². The van der Waals surface area contributed by atoms with E-state index in [4.69, 9.17) is 0 Å². The molecule has 0 spiro atoms. The minimum atomic E-state index is -0.820. The van der Waals surface area contributed by atoms with E-state index in [0.717, 1.165) is 11.1 Å². The molecule has 0 fully saturated rings. The Hall–Kier alpha value is -1.96. The van der Waals surface area contributed by atoms with E-state index in [0.29, 0.717) is 0 Å². The lowest BCUT2D eigenvalue weighted by atomic mass is 9.86. The molecule has 0 N–H and O–H groups in total. The van der Waals surface area contributed by atoms with Crippen LogP contribution in [-0.2, 0) is 10.8 Å². The summed E-state index contributed by atoms with van der Waals surface area (Å²) in [5.41, 5.74) is 2.68. The molecule has 0 atom stereocenters. The molecule has 0 saturated heterocycles. The van der Waals surface area contributed by atoms with E-state index in [1.54, 1.807) is 24.3 Å². The van der Waals surface area contributed by atoms with Gasteiger partial charge in [-0.15, -0.1) is 0 Å². The number of benzene rings is 2. The van der Waals surface area contributed by atoms with Gasteiger partial charge in [0.15, 0.2) is 11.7 Å². The average Bonchev–Trinajstić information content (AvgIpc) is 2.61. The van der Waals surface area contributed by atoms with Crippen LogP contribution in [0.2, 0.25) is 0 Å². The van der Waals surface area contributed by atoms with Gasteiger partial charge in [0.25, 0.3) is 0 Å². The van der Waals surface area contributed by atoms with Crippen LogP contribution in [0.5, 0.6) is 0 Å². The van der Waals surface area contributed by atoms with Crippen molar-refractivity contribution in [1.29, 1.82) is 0 Å². The van der Waals surface area contributed by atoms with Crippen molar-refractivity contribution in [2.75, 3.05) is 0 Å². The number of hydrogen-bond donors (Lipinski definition) is 0. The first-order valence-electron chi connectivity index (χ1n) is 9.27. The molecular formula is C24H32F2. The van der Waals surface area contributed by atoms with Crippen LogP contribution in [0.1, 0.15) is 77.6 Å². The van der Waals surface area contributed by atoms with E-state index in [-0.39, 0.29) is 22.0 Å². The molecule has 0 radical (unpaired) electrons. The lowest BCUT2D eigenvalue weighted by molar-refractivity contribution is 0.589. The van der Waals surface area contributed by atoms with Crippen molar-refractivity contribution in [2.45, 2.75) is 66.2 Å². The molecule has 0 amide bonds. The topological polar surface area (TPSA) is 0 Å². The molecule has 0 bridgehead atoms. The fourth-order valence-electron chi connectivity index (χ4n) is 2.49. The number of rotatable bonds is 2. The first-order valence-corrected chi connectivity index (χ1v) is 9.27. The van der Waals surface area contributed by atoms with Crippen LogP contribution in [0.4, 0.5) is 8.78 Å². The second-order valence-corrected chi connectivity index (χ2v) is 8.28. The van der Waals surface area contributed by atoms with Gasteiger partial charge in [0.05, 0.1) is 0 Å². The molecular weight excluding hydrogens is 326 g/mol. The third kappa shape index (κ3) is 5.52. The summed E-state index contributed by atoms with van der Waals surface area (Å²) in [5.74, 6) is -1.64. The van der Waals surface area contributed by atoms with Gasteiger partial charge in [0, 0.05) is 11.1 Å². The molecule has 0 aliphatic heterocycles. The predicted molar refractivity (Wildman–Crippen MR) is 111 cm³/mol. The highest BCUT2D eigenvalue weighted by molar-refractivity contribution is 5.83. The minimum Gasteiger partial charge on any atom is -0.203 e. The van der Waals surface area contributed by atoms with Crippen molar-refractivity contribution >= 4 is 11.7 Å². The Labute approximate surface area is 158 Å². The molecule has 2 aromatic rings. The third-order valence-corrected chi connectivity index (χ3v) is 4.20. The molecule has 2 heteroatoms. The number of halogens is 2. The zero-order valence-corrected chi connectivity index (χ0v) is 17.4. The van der Waals surface area contributed by atoms with Crippen LogP contribution >= 0.6 is 0 Å². The quantitative estimate of drug-likeness (QED) is 0.476. The van der Waals surface area contributed by atoms with Crippen molar-refractivity contribution in [1.82, 2.24) is 0 Å². The molecule has 0 heterocycles. The Bertz CT molecular complexity index is 656. The summed E-state index contributed by atoms with van der Waals surface area (Å²) in [6.45, 7) is 16.5. The van der Waals surface area contributed by atoms with Crippen LogP contribution < -0.4 is 0 Å². The van der Waals surface area contributed by atoms with Crippen molar-refractivity contribution in [3.63, 3.8) is 0 Å². The highest BCUT2D eigenvalue weighted by Crippen LogP contribution is 2.32. The Kier molecular flexibility index (Phi) is 7.32. The van der Waals surface area contributed by atoms with Crippen molar-refractivity contribution < 1.29 is 8.78 Å². The maximum absolute atomic E-state index is 14.5. The molecule has 0 aliphatic carbocycles. The Morgan fingerprint density at radius 2 is 0.769 bits per heavy atom. The maximum Gasteiger partial charge on any atom is 0.166 e. The summed E-state index contributed by atoms with van der Waals surface area (Å²) in [6.07, 6.45) is 0. The first kappa shape index (κ1) is 22.1. The van der Waals surface area contributed by atoms with Crippen LogP contribution in [0.25, 0.3) is 11.7 Å². The summed E-state index contributed by atoms with van der Waals surface area (Å²) in [7, 11) is 0. The molecule has 0 aromatic heterocycles. The van der Waals surface area contributed by atoms with Gasteiger partial charge in [-0.2, -0.15) is 0 Å². The van der Waals surface area contributed by atoms with Crippen LogP contribution in [0.3, 0.4) is 0 Å². The summed E-state index contributed by atoms with van der Waals surface area (Å²) in [4.78, 5) is 0. The van der Waals surface area contributed by atoms with Gasteiger partial charge in [0.2, 0.25) is 0 Å². The lowest BCUT2D eigenvalue weighted by Crippen LogP contribution is -2.10. The molecule has 2 aromatic carbocycles. The Morgan fingerprint density at radius 3 is 0.962 bits per heavy atom. The average molecular weight is 359 g/mol. The lowest BCUT2D eigenvalue weighted by Gasteiger charge is -2.19. The number of hydrogen-bond acceptors (Lipinski definition) is 0. The molecule has 0 aliphatic rings. The molecule has 0 nitrogen and oxygen atoms in total. The second-order valence-electron chi connectivity index (χ2n) is 8.28. The standard InChI is InChI=1S/C22H26F2.C2H6/c1-21(2,3)17-11-7-15(8-12-17)19(23)20(24)16-9-13-18(14-10-16)22(4,5)6;1-2/h7-14H,1-6H3;1-2H3. The highest BCUT2D eigenvalue weighted by Gasteiger charge is 2.17. The van der Waals surface area contributed by atoms with E-state index in [1.807, 2.05) is 38.1 Å². The zero-order chi connectivity index (χ0) is 20.1. The van der Waals surface area contributed by atoms with Crippen LogP contribution in [0, 0.1) is 0 Å². The van der Waals surface area contributed by atoms with Gasteiger partial charge < -0.3 is 0 Å². The fraction of sp³-hybridized carbons (Fsp3) is 0.417. The molecule has 0 unspecified atom stereocenters. The van der Waals surface area contributed by atoms with E-state index in [9.17, 15) is 8.78 Å². The Morgan fingerprint density at radius 1 is 0.538 bits per heavy atom. The minimum absolute atomic E-state index is 0.0138. The van der Waals surface area contributed by atoms with Gasteiger partial charge in [-0.25, -0.2) is 8.78 Å². The summed E-state index contributed by atoms with van der Waals surface area (Å²) in [5, 5.41) is 0. The second kappa shape index (κ2) is 8.62. The van der Waals surface area contributed by atoms with E-state index < -0.39 is 11.7 Å². The van der Waals surface area contributed by atoms with Crippen molar-refractivity contribution in [2.24, 2.45) is 0 Å². The summed E-state index contributed by atoms with van der Waals surface area (Å²) >= 11 is 0.